The van der Waals surface area contributed by atoms with Crippen LogP contribution in [-0.4, -0.2) is 28.6 Å². The fourth-order valence-corrected chi connectivity index (χ4v) is 2.96. The number of aromatic nitrogens is 1. The van der Waals surface area contributed by atoms with Crippen LogP contribution in [0, 0.1) is 6.92 Å². The second kappa shape index (κ2) is 6.75. The van der Waals surface area contributed by atoms with Crippen LogP contribution in [0.15, 0.2) is 40.8 Å². The Morgan fingerprint density at radius 3 is 2.67 bits per heavy atom. The number of aryl methyl sites for hydroxylation is 1. The van der Waals surface area contributed by atoms with Crippen LogP contribution in [0.2, 0.25) is 0 Å². The molecule has 0 spiro atoms. The summed E-state index contributed by atoms with van der Waals surface area (Å²) < 4.78 is 11.0. The predicted octanol–water partition coefficient (Wildman–Crippen LogP) is 3.73. The molecule has 7 heteroatoms. The van der Waals surface area contributed by atoms with Gasteiger partial charge in [-0.05, 0) is 31.9 Å². The van der Waals surface area contributed by atoms with Gasteiger partial charge in [-0.2, -0.15) is 0 Å². The molecule has 3 aromatic rings. The molecule has 1 fully saturated rings. The lowest BCUT2D eigenvalue weighted by molar-refractivity contribution is -0.139. The molecule has 0 aliphatic heterocycles. The number of nitrogens with one attached hydrogen (secondary N) is 1. The van der Waals surface area contributed by atoms with Crippen LogP contribution >= 0.6 is 0 Å². The van der Waals surface area contributed by atoms with Crippen molar-refractivity contribution in [2.24, 2.45) is 0 Å². The number of oxazole rings is 1. The standard InChI is InChI=1S/C20H18N2O5/c1-11-18(27-20(21-11)12-6-7-12)19(25)22-15-8-9-16(26-10-17(23)24)14-5-3-2-4-13(14)15/h2-5,8-9,12H,6-7,10H2,1H3,(H,22,25)(H,23,24). The Morgan fingerprint density at radius 2 is 1.96 bits per heavy atom. The highest BCUT2D eigenvalue weighted by Crippen LogP contribution is 2.40. The van der Waals surface area contributed by atoms with Gasteiger partial charge in [-0.3, -0.25) is 4.79 Å². The number of amides is 1. The fourth-order valence-electron chi connectivity index (χ4n) is 2.96. The van der Waals surface area contributed by atoms with Gasteiger partial charge in [-0.1, -0.05) is 24.3 Å². The first-order valence-electron chi connectivity index (χ1n) is 8.68. The minimum Gasteiger partial charge on any atom is -0.481 e. The van der Waals surface area contributed by atoms with E-state index in [1.165, 1.54) is 0 Å². The second-order valence-electron chi connectivity index (χ2n) is 6.53. The quantitative estimate of drug-likeness (QED) is 0.689. The Balaban J connectivity index is 1.63. The maximum absolute atomic E-state index is 12.7. The monoisotopic (exact) mass is 366 g/mol. The maximum atomic E-state index is 12.7. The summed E-state index contributed by atoms with van der Waals surface area (Å²) in [5.74, 6) is 0.196. The number of hydrogen-bond donors (Lipinski definition) is 2. The smallest absolute Gasteiger partial charge is 0.341 e. The molecule has 0 atom stereocenters. The SMILES string of the molecule is Cc1nc(C2CC2)oc1C(=O)Nc1ccc(OCC(=O)O)c2ccccc12. The Morgan fingerprint density at radius 1 is 1.22 bits per heavy atom. The van der Waals surface area contributed by atoms with Crippen molar-refractivity contribution in [1.82, 2.24) is 4.98 Å². The van der Waals surface area contributed by atoms with Crippen molar-refractivity contribution < 1.29 is 23.8 Å². The van der Waals surface area contributed by atoms with Gasteiger partial charge in [-0.15, -0.1) is 0 Å². The highest BCUT2D eigenvalue weighted by Gasteiger charge is 2.31. The topological polar surface area (TPSA) is 102 Å². The molecule has 138 valence electrons. The zero-order chi connectivity index (χ0) is 19.0. The van der Waals surface area contributed by atoms with Crippen LogP contribution in [-0.2, 0) is 4.79 Å². The summed E-state index contributed by atoms with van der Waals surface area (Å²) in [4.78, 5) is 27.8. The zero-order valence-electron chi connectivity index (χ0n) is 14.7. The van der Waals surface area contributed by atoms with E-state index < -0.39 is 12.6 Å². The number of nitrogens with zero attached hydrogens (tertiary/aromatic N) is 1. The molecule has 1 saturated carbocycles. The van der Waals surface area contributed by atoms with Crippen molar-refractivity contribution >= 4 is 28.3 Å². The van der Waals surface area contributed by atoms with Crippen molar-refractivity contribution in [2.75, 3.05) is 11.9 Å². The average Bonchev–Trinajstić information content (AvgIpc) is 3.43. The predicted molar refractivity (Wildman–Crippen MR) is 98.2 cm³/mol. The molecule has 7 nitrogen and oxygen atoms in total. The third-order valence-corrected chi connectivity index (χ3v) is 4.43. The van der Waals surface area contributed by atoms with Crippen LogP contribution in [0.5, 0.6) is 5.75 Å². The highest BCUT2D eigenvalue weighted by atomic mass is 16.5. The summed E-state index contributed by atoms with van der Waals surface area (Å²) >= 11 is 0. The molecule has 0 bridgehead atoms. The van der Waals surface area contributed by atoms with Gasteiger partial charge >= 0.3 is 5.97 Å². The van der Waals surface area contributed by atoms with Gasteiger partial charge in [0.25, 0.3) is 5.91 Å². The number of benzene rings is 2. The van der Waals surface area contributed by atoms with Crippen molar-refractivity contribution in [2.45, 2.75) is 25.7 Å². The molecule has 1 aromatic heterocycles. The molecule has 2 N–H and O–H groups in total. The molecule has 2 aromatic carbocycles. The number of carbonyl (C=O) groups is 2. The van der Waals surface area contributed by atoms with Gasteiger partial charge in [-0.25, -0.2) is 9.78 Å². The minimum absolute atomic E-state index is 0.215. The van der Waals surface area contributed by atoms with Crippen LogP contribution in [0.3, 0.4) is 0 Å². The van der Waals surface area contributed by atoms with E-state index in [1.54, 1.807) is 19.1 Å². The first-order chi connectivity index (χ1) is 13.0. The van der Waals surface area contributed by atoms with Crippen molar-refractivity contribution in [3.05, 3.63) is 53.7 Å². The molecular weight excluding hydrogens is 348 g/mol. The summed E-state index contributed by atoms with van der Waals surface area (Å²) in [6, 6.07) is 10.6. The van der Waals surface area contributed by atoms with Gasteiger partial charge in [0, 0.05) is 22.4 Å². The number of anilines is 1. The van der Waals surface area contributed by atoms with Gasteiger partial charge in [0.15, 0.2) is 12.5 Å². The summed E-state index contributed by atoms with van der Waals surface area (Å²) in [5, 5.41) is 13.1. The van der Waals surface area contributed by atoms with Crippen LogP contribution in [0.1, 0.15) is 40.9 Å². The molecule has 27 heavy (non-hydrogen) atoms. The lowest BCUT2D eigenvalue weighted by Crippen LogP contribution is -2.13. The summed E-state index contributed by atoms with van der Waals surface area (Å²) in [5.41, 5.74) is 1.15. The third-order valence-electron chi connectivity index (χ3n) is 4.43. The van der Waals surface area contributed by atoms with Crippen LogP contribution < -0.4 is 10.1 Å². The summed E-state index contributed by atoms with van der Waals surface area (Å²) in [6.07, 6.45) is 2.09. The number of carboxylic acids is 1. The molecule has 1 amide bonds. The van der Waals surface area contributed by atoms with E-state index in [0.717, 1.165) is 18.2 Å². The number of aliphatic carboxylic acids is 1. The largest absolute Gasteiger partial charge is 0.481 e. The Labute approximate surface area is 155 Å². The molecule has 0 unspecified atom stereocenters. The van der Waals surface area contributed by atoms with Gasteiger partial charge in [0.2, 0.25) is 5.76 Å². The molecule has 1 heterocycles. The van der Waals surface area contributed by atoms with Crippen molar-refractivity contribution in [3.63, 3.8) is 0 Å². The number of carbonyl (C=O) groups excluding carboxylic acids is 1. The third kappa shape index (κ3) is 3.48. The molecule has 1 aliphatic carbocycles. The molecule has 0 saturated heterocycles. The fraction of sp³-hybridized carbons (Fsp3) is 0.250. The average molecular weight is 366 g/mol. The Bertz CT molecular complexity index is 1040. The zero-order valence-corrected chi connectivity index (χ0v) is 14.7. The minimum atomic E-state index is -1.05. The van der Waals surface area contributed by atoms with Crippen LogP contribution in [0.4, 0.5) is 5.69 Å². The van der Waals surface area contributed by atoms with E-state index in [9.17, 15) is 9.59 Å². The van der Waals surface area contributed by atoms with Gasteiger partial charge in [0.05, 0.1) is 5.69 Å². The number of fused-ring (bicyclic) bond motifs is 1. The normalized spacial score (nSPS) is 13.5. The van der Waals surface area contributed by atoms with E-state index in [4.69, 9.17) is 14.3 Å². The van der Waals surface area contributed by atoms with Gasteiger partial charge < -0.3 is 19.6 Å². The summed E-state index contributed by atoms with van der Waals surface area (Å²) in [6.45, 7) is 1.32. The molecule has 0 radical (unpaired) electrons. The maximum Gasteiger partial charge on any atom is 0.341 e. The van der Waals surface area contributed by atoms with Gasteiger partial charge in [0.1, 0.15) is 5.75 Å². The van der Waals surface area contributed by atoms with E-state index >= 15 is 0 Å². The first kappa shape index (κ1) is 17.1. The van der Waals surface area contributed by atoms with E-state index in [-0.39, 0.29) is 11.7 Å². The number of hydrogen-bond acceptors (Lipinski definition) is 5. The highest BCUT2D eigenvalue weighted by molar-refractivity contribution is 6.09. The lowest BCUT2D eigenvalue weighted by atomic mass is 10.1. The second-order valence-corrected chi connectivity index (χ2v) is 6.53. The number of ether oxygens (including phenoxy) is 1. The molecule has 1 aliphatic rings. The lowest BCUT2D eigenvalue weighted by Gasteiger charge is -2.12. The molecule has 4 rings (SSSR count). The number of carboxylic acid groups (broad SMARTS) is 1. The van der Waals surface area contributed by atoms with Crippen LogP contribution in [0.25, 0.3) is 10.8 Å². The van der Waals surface area contributed by atoms with E-state index in [2.05, 4.69) is 10.3 Å². The van der Waals surface area contributed by atoms with E-state index in [1.807, 2.05) is 24.3 Å². The Kier molecular flexibility index (Phi) is 4.27. The Hall–Kier alpha value is -3.35. The summed E-state index contributed by atoms with van der Waals surface area (Å²) in [7, 11) is 0. The molecular formula is C20H18N2O5. The number of rotatable bonds is 6. The van der Waals surface area contributed by atoms with E-state index in [0.29, 0.717) is 34.3 Å². The van der Waals surface area contributed by atoms with Crippen molar-refractivity contribution in [3.8, 4) is 5.75 Å². The van der Waals surface area contributed by atoms with Crippen molar-refractivity contribution in [1.29, 1.82) is 0 Å². The first-order valence-corrected chi connectivity index (χ1v) is 8.68.